The molecule has 0 saturated heterocycles. The SMILES string of the molecule is CC(=O)OCC(=O)[C@@]1(OC(C)=O)C(C)C[C@H]2[C@@H]3CC(F)C4=CC(=O)C=C[C@]4(C)[C@@]3(O)C(O)C[C@@]21C. The minimum Gasteiger partial charge on any atom is -0.458 e. The number of halogens is 1. The lowest BCUT2D eigenvalue weighted by Gasteiger charge is -2.64. The molecule has 3 unspecified atom stereocenters. The first kappa shape index (κ1) is 25.7. The van der Waals surface area contributed by atoms with Crippen molar-refractivity contribution in [3.63, 3.8) is 0 Å². The number of Topliss-reactive ketones (excluding diaryl/α,β-unsaturated/α-hetero) is 1. The maximum Gasteiger partial charge on any atom is 0.303 e. The molecule has 0 aromatic rings. The van der Waals surface area contributed by atoms with Crippen LogP contribution in [0.15, 0.2) is 23.8 Å². The molecule has 8 nitrogen and oxygen atoms in total. The van der Waals surface area contributed by atoms with Crippen molar-refractivity contribution in [1.82, 2.24) is 0 Å². The first-order valence-electron chi connectivity index (χ1n) is 12.0. The van der Waals surface area contributed by atoms with E-state index in [-0.39, 0.29) is 24.2 Å². The van der Waals surface area contributed by atoms with Crippen molar-refractivity contribution in [3.8, 4) is 0 Å². The summed E-state index contributed by atoms with van der Waals surface area (Å²) >= 11 is 0. The van der Waals surface area contributed by atoms with E-state index in [4.69, 9.17) is 9.47 Å². The topological polar surface area (TPSA) is 127 Å². The van der Waals surface area contributed by atoms with Crippen molar-refractivity contribution in [2.24, 2.45) is 28.6 Å². The van der Waals surface area contributed by atoms with Gasteiger partial charge in [0.05, 0.1) is 6.10 Å². The fourth-order valence-electron chi connectivity index (χ4n) is 7.94. The molecule has 0 aromatic heterocycles. The molecule has 4 rings (SSSR count). The van der Waals surface area contributed by atoms with Crippen LogP contribution >= 0.6 is 0 Å². The molecule has 0 spiro atoms. The Bertz CT molecular complexity index is 1050. The van der Waals surface area contributed by atoms with Gasteiger partial charge in [0.25, 0.3) is 0 Å². The van der Waals surface area contributed by atoms with E-state index in [1.54, 1.807) is 20.8 Å². The van der Waals surface area contributed by atoms with Crippen LogP contribution in [0.5, 0.6) is 0 Å². The normalized spacial score (nSPS) is 46.1. The minimum atomic E-state index is -1.81. The highest BCUT2D eigenvalue weighted by Crippen LogP contribution is 2.70. The molecule has 4 aliphatic carbocycles. The number of carbonyl (C=O) groups excluding carboxylic acids is 4. The van der Waals surface area contributed by atoms with Crippen LogP contribution < -0.4 is 0 Å². The van der Waals surface area contributed by atoms with Gasteiger partial charge >= 0.3 is 11.9 Å². The third-order valence-corrected chi connectivity index (χ3v) is 9.38. The molecule has 4 aliphatic rings. The summed E-state index contributed by atoms with van der Waals surface area (Å²) in [4.78, 5) is 49.3. The highest BCUT2D eigenvalue weighted by molar-refractivity contribution is 6.01. The summed E-state index contributed by atoms with van der Waals surface area (Å²) in [6, 6.07) is 0. The Balaban J connectivity index is 1.85. The summed E-state index contributed by atoms with van der Waals surface area (Å²) in [5, 5.41) is 23.7. The minimum absolute atomic E-state index is 0.115. The Kier molecular flexibility index (Phi) is 5.92. The molecule has 3 saturated carbocycles. The molecule has 0 aliphatic heterocycles. The van der Waals surface area contributed by atoms with E-state index in [1.807, 2.05) is 0 Å². The van der Waals surface area contributed by atoms with Gasteiger partial charge in [-0.25, -0.2) is 4.39 Å². The van der Waals surface area contributed by atoms with Crippen molar-refractivity contribution in [2.75, 3.05) is 6.61 Å². The van der Waals surface area contributed by atoms with Gasteiger partial charge in [0.2, 0.25) is 5.78 Å². The van der Waals surface area contributed by atoms with E-state index < -0.39 is 76.4 Å². The first-order valence-corrected chi connectivity index (χ1v) is 12.0. The molecule has 0 bridgehead atoms. The Labute approximate surface area is 203 Å². The number of hydrogen-bond donors (Lipinski definition) is 2. The fraction of sp³-hybridized carbons (Fsp3) is 0.692. The molecule has 0 heterocycles. The standard InChI is InChI=1S/C26H33FO8/c1-13-8-17-18-10-20(27)19-9-16(30)6-7-23(19,4)25(18,33)21(31)11-24(17,5)26(13,35-15(3)29)22(32)12-34-14(2)28/h6-7,9,13,17-18,20-21,31,33H,8,10-12H2,1-5H3/t13?,17-,18-,20?,21?,23-,24-,25-,26-/m0/s1. The van der Waals surface area contributed by atoms with Crippen molar-refractivity contribution in [1.29, 1.82) is 0 Å². The van der Waals surface area contributed by atoms with Crippen LogP contribution in [0.4, 0.5) is 4.39 Å². The third-order valence-electron chi connectivity index (χ3n) is 9.38. The number of carbonyl (C=O) groups is 4. The maximum atomic E-state index is 15.6. The zero-order chi connectivity index (χ0) is 26.1. The van der Waals surface area contributed by atoms with Gasteiger partial charge in [0.15, 0.2) is 18.0 Å². The summed E-state index contributed by atoms with van der Waals surface area (Å²) in [6.07, 6.45) is 1.03. The van der Waals surface area contributed by atoms with Crippen LogP contribution in [-0.2, 0) is 28.7 Å². The summed E-state index contributed by atoms with van der Waals surface area (Å²) < 4.78 is 26.3. The lowest BCUT2D eigenvalue weighted by molar-refractivity contribution is -0.256. The zero-order valence-electron chi connectivity index (χ0n) is 20.7. The monoisotopic (exact) mass is 492 g/mol. The highest BCUT2D eigenvalue weighted by Gasteiger charge is 2.77. The second-order valence-electron chi connectivity index (χ2n) is 11.1. The zero-order valence-corrected chi connectivity index (χ0v) is 20.7. The molecule has 0 radical (unpaired) electrons. The van der Waals surface area contributed by atoms with Gasteiger partial charge in [-0.3, -0.25) is 19.2 Å². The molecular weight excluding hydrogens is 459 g/mol. The molecule has 0 amide bonds. The van der Waals surface area contributed by atoms with E-state index in [9.17, 15) is 29.4 Å². The number of ketones is 2. The second-order valence-corrected chi connectivity index (χ2v) is 11.1. The van der Waals surface area contributed by atoms with Gasteiger partial charge in [-0.05, 0) is 55.7 Å². The number of alkyl halides is 1. The lowest BCUT2D eigenvalue weighted by atomic mass is 9.43. The summed E-state index contributed by atoms with van der Waals surface area (Å²) in [7, 11) is 0. The predicted octanol–water partition coefficient (Wildman–Crippen LogP) is 2.01. The summed E-state index contributed by atoms with van der Waals surface area (Å²) in [6.45, 7) is 6.82. The molecule has 9 atom stereocenters. The molecule has 9 heteroatoms. The van der Waals surface area contributed by atoms with Gasteiger partial charge in [-0.2, -0.15) is 0 Å². The molecule has 0 aromatic carbocycles. The van der Waals surface area contributed by atoms with E-state index in [0.717, 1.165) is 6.92 Å². The first-order chi connectivity index (χ1) is 16.1. The molecule has 192 valence electrons. The summed E-state index contributed by atoms with van der Waals surface area (Å²) in [5.74, 6) is -4.22. The van der Waals surface area contributed by atoms with Crippen LogP contribution in [-0.4, -0.2) is 63.8 Å². The van der Waals surface area contributed by atoms with Gasteiger partial charge in [0.1, 0.15) is 11.8 Å². The number of rotatable bonds is 4. The van der Waals surface area contributed by atoms with Crippen molar-refractivity contribution in [2.45, 2.75) is 77.4 Å². The average molecular weight is 493 g/mol. The average Bonchev–Trinajstić information content (AvgIpc) is 2.97. The van der Waals surface area contributed by atoms with E-state index in [2.05, 4.69) is 0 Å². The third kappa shape index (κ3) is 3.23. The molecule has 35 heavy (non-hydrogen) atoms. The number of ether oxygens (including phenoxy) is 2. The van der Waals surface area contributed by atoms with Gasteiger partial charge in [-0.1, -0.05) is 19.9 Å². The van der Waals surface area contributed by atoms with Crippen molar-refractivity contribution >= 4 is 23.5 Å². The number of hydrogen-bond acceptors (Lipinski definition) is 8. The van der Waals surface area contributed by atoms with Crippen molar-refractivity contribution < 1.29 is 43.3 Å². The molecular formula is C26H33FO8. The van der Waals surface area contributed by atoms with E-state index in [0.29, 0.717) is 6.42 Å². The van der Waals surface area contributed by atoms with Crippen molar-refractivity contribution in [3.05, 3.63) is 23.8 Å². The Morgan fingerprint density at radius 2 is 1.80 bits per heavy atom. The van der Waals surface area contributed by atoms with Gasteiger partial charge in [0, 0.05) is 30.6 Å². The largest absolute Gasteiger partial charge is 0.458 e. The van der Waals surface area contributed by atoms with Crippen LogP contribution in [0.3, 0.4) is 0 Å². The Morgan fingerprint density at radius 1 is 1.14 bits per heavy atom. The van der Waals surface area contributed by atoms with Gasteiger partial charge in [-0.15, -0.1) is 0 Å². The van der Waals surface area contributed by atoms with Crippen LogP contribution in [0.2, 0.25) is 0 Å². The van der Waals surface area contributed by atoms with Crippen LogP contribution in [0, 0.1) is 28.6 Å². The Morgan fingerprint density at radius 3 is 2.40 bits per heavy atom. The maximum absolute atomic E-state index is 15.6. The molecule has 3 fully saturated rings. The fourth-order valence-corrected chi connectivity index (χ4v) is 7.94. The van der Waals surface area contributed by atoms with E-state index >= 15 is 4.39 Å². The van der Waals surface area contributed by atoms with Crippen LogP contribution in [0.1, 0.15) is 53.9 Å². The summed E-state index contributed by atoms with van der Waals surface area (Å²) in [5.41, 5.74) is -5.91. The lowest BCUT2D eigenvalue weighted by Crippen LogP contribution is -2.72. The quantitative estimate of drug-likeness (QED) is 0.571. The van der Waals surface area contributed by atoms with Gasteiger partial charge < -0.3 is 19.7 Å². The number of esters is 2. The number of aliphatic hydroxyl groups excluding tert-OH is 1. The highest BCUT2D eigenvalue weighted by atomic mass is 19.1. The smallest absolute Gasteiger partial charge is 0.303 e. The molecule has 2 N–H and O–H groups in total. The number of fused-ring (bicyclic) bond motifs is 5. The number of aliphatic hydroxyl groups is 2. The Hall–Kier alpha value is -2.39. The van der Waals surface area contributed by atoms with Crippen LogP contribution in [0.25, 0.3) is 0 Å². The second kappa shape index (κ2) is 8.06. The van der Waals surface area contributed by atoms with E-state index in [1.165, 1.54) is 25.2 Å². The number of allylic oxidation sites excluding steroid dienone is 2. The predicted molar refractivity (Wildman–Crippen MR) is 120 cm³/mol.